The molecule has 1 aliphatic heterocycles. The van der Waals surface area contributed by atoms with Crippen molar-refractivity contribution in [2.75, 3.05) is 5.75 Å². The van der Waals surface area contributed by atoms with Crippen molar-refractivity contribution in [3.05, 3.63) is 35.4 Å². The van der Waals surface area contributed by atoms with Crippen LogP contribution in [0.4, 0.5) is 9.59 Å². The summed E-state index contributed by atoms with van der Waals surface area (Å²) < 4.78 is 10.3. The van der Waals surface area contributed by atoms with Gasteiger partial charge in [0.1, 0.15) is 17.2 Å². The van der Waals surface area contributed by atoms with Crippen LogP contribution in [0.1, 0.15) is 62.3 Å². The second kappa shape index (κ2) is 9.60. The Balaban J connectivity index is 2.12. The number of carbonyl (C=O) groups is 5. The number of hydrogen-bond acceptors (Lipinski definition) is 9. The lowest BCUT2D eigenvalue weighted by Gasteiger charge is -2.24. The minimum absolute atomic E-state index is 0.0880. The molecule has 174 valence electrons. The highest BCUT2D eigenvalue weighted by Gasteiger charge is 2.40. The standard InChI is InChI=1S/C21H26N2O8S/c1-20(2,3)29-18(27)22-14(11-32-19(28)30-21(4,5)6)17(26)31-23-15(24)12-9-7-8-10-13(12)16(23)25/h7-10,14H,11H2,1-6H3,(H,22,27)/t14-/m0/s1. The van der Waals surface area contributed by atoms with E-state index in [1.807, 2.05) is 0 Å². The van der Waals surface area contributed by atoms with Crippen LogP contribution >= 0.6 is 11.8 Å². The van der Waals surface area contributed by atoms with Crippen LogP contribution in [0, 0.1) is 0 Å². The molecule has 0 aromatic heterocycles. The first kappa shape index (κ1) is 25.2. The highest BCUT2D eigenvalue weighted by Crippen LogP contribution is 2.23. The number of ether oxygens (including phenoxy) is 2. The summed E-state index contributed by atoms with van der Waals surface area (Å²) in [6.45, 7) is 9.94. The molecule has 0 aliphatic carbocycles. The zero-order chi connectivity index (χ0) is 24.3. The number of fused-ring (bicyclic) bond motifs is 1. The smallest absolute Gasteiger partial charge is 0.408 e. The lowest BCUT2D eigenvalue weighted by Crippen LogP contribution is -2.48. The Kier molecular flexibility index (Phi) is 7.55. The van der Waals surface area contributed by atoms with Crippen molar-refractivity contribution in [1.29, 1.82) is 0 Å². The summed E-state index contributed by atoms with van der Waals surface area (Å²) in [5, 5.41) is 1.95. The van der Waals surface area contributed by atoms with E-state index in [2.05, 4.69) is 5.32 Å². The number of nitrogens with one attached hydrogen (secondary N) is 1. The van der Waals surface area contributed by atoms with E-state index in [0.717, 1.165) is 0 Å². The van der Waals surface area contributed by atoms with Crippen molar-refractivity contribution in [2.24, 2.45) is 0 Å². The van der Waals surface area contributed by atoms with Gasteiger partial charge >= 0.3 is 17.4 Å². The van der Waals surface area contributed by atoms with E-state index >= 15 is 0 Å². The maximum Gasteiger partial charge on any atom is 0.408 e. The van der Waals surface area contributed by atoms with Gasteiger partial charge in [-0.05, 0) is 65.4 Å². The van der Waals surface area contributed by atoms with Gasteiger partial charge in [0, 0.05) is 5.75 Å². The van der Waals surface area contributed by atoms with Gasteiger partial charge in [0.05, 0.1) is 11.1 Å². The molecule has 0 spiro atoms. The molecular weight excluding hydrogens is 440 g/mol. The Bertz CT molecular complexity index is 897. The molecule has 1 aromatic rings. The Morgan fingerprint density at radius 3 is 1.91 bits per heavy atom. The minimum Gasteiger partial charge on any atom is -0.452 e. The second-order valence-electron chi connectivity index (χ2n) is 8.83. The van der Waals surface area contributed by atoms with Gasteiger partial charge in [0.15, 0.2) is 0 Å². The zero-order valence-corrected chi connectivity index (χ0v) is 19.5. The molecule has 0 fully saturated rings. The number of carbonyl (C=O) groups excluding carboxylic acids is 5. The minimum atomic E-state index is -1.41. The van der Waals surface area contributed by atoms with Gasteiger partial charge in [-0.25, -0.2) is 14.4 Å². The predicted octanol–water partition coefficient (Wildman–Crippen LogP) is 3.30. The number of nitrogens with zero attached hydrogens (tertiary/aromatic N) is 1. The zero-order valence-electron chi connectivity index (χ0n) is 18.7. The van der Waals surface area contributed by atoms with Crippen LogP contribution in [0.2, 0.25) is 0 Å². The first-order chi connectivity index (χ1) is 14.7. The normalized spacial score (nSPS) is 14.5. The number of alkyl carbamates (subject to hydrolysis) is 1. The maximum absolute atomic E-state index is 12.7. The molecule has 0 bridgehead atoms. The van der Waals surface area contributed by atoms with Gasteiger partial charge < -0.3 is 19.6 Å². The SMILES string of the molecule is CC(C)(C)OC(=O)N[C@@H](CSC(=O)OC(C)(C)C)C(=O)ON1C(=O)c2ccccc2C1=O. The number of rotatable bonds is 5. The summed E-state index contributed by atoms with van der Waals surface area (Å²) >= 11 is 0.626. The fourth-order valence-electron chi connectivity index (χ4n) is 2.45. The highest BCUT2D eigenvalue weighted by atomic mass is 32.2. The number of thioether (sulfide) groups is 1. The van der Waals surface area contributed by atoms with Crippen molar-refractivity contribution >= 4 is 40.9 Å². The Morgan fingerprint density at radius 2 is 1.44 bits per heavy atom. The predicted molar refractivity (Wildman–Crippen MR) is 115 cm³/mol. The van der Waals surface area contributed by atoms with E-state index in [9.17, 15) is 24.0 Å². The van der Waals surface area contributed by atoms with Crippen LogP contribution in [0.5, 0.6) is 0 Å². The van der Waals surface area contributed by atoms with Crippen LogP contribution < -0.4 is 5.32 Å². The lowest BCUT2D eigenvalue weighted by atomic mass is 10.1. The summed E-state index contributed by atoms with van der Waals surface area (Å²) in [5.41, 5.74) is -1.42. The average Bonchev–Trinajstić information content (AvgIpc) is 2.87. The van der Waals surface area contributed by atoms with E-state index in [4.69, 9.17) is 14.3 Å². The van der Waals surface area contributed by atoms with Crippen LogP contribution in [-0.2, 0) is 19.1 Å². The molecule has 1 aromatic carbocycles. The first-order valence-electron chi connectivity index (χ1n) is 9.73. The molecule has 11 heteroatoms. The van der Waals surface area contributed by atoms with Crippen LogP contribution in [-0.4, -0.2) is 57.2 Å². The number of amides is 3. The summed E-state index contributed by atoms with van der Waals surface area (Å²) in [6.07, 6.45) is -0.938. The van der Waals surface area contributed by atoms with Crippen molar-refractivity contribution < 1.29 is 38.3 Å². The molecule has 1 heterocycles. The topological polar surface area (TPSA) is 128 Å². The lowest BCUT2D eigenvalue weighted by molar-refractivity contribution is -0.170. The maximum atomic E-state index is 12.7. The van der Waals surface area contributed by atoms with Gasteiger partial charge in [-0.1, -0.05) is 17.2 Å². The number of benzene rings is 1. The number of hydroxylamine groups is 2. The highest BCUT2D eigenvalue weighted by molar-refractivity contribution is 8.13. The van der Waals surface area contributed by atoms with Crippen molar-refractivity contribution in [1.82, 2.24) is 10.4 Å². The third kappa shape index (κ3) is 6.98. The molecule has 2 rings (SSSR count). The summed E-state index contributed by atoms with van der Waals surface area (Å²) in [4.78, 5) is 66.8. The van der Waals surface area contributed by atoms with E-state index < -0.39 is 46.4 Å². The summed E-state index contributed by atoms with van der Waals surface area (Å²) in [6, 6.07) is 4.59. The molecule has 1 atom stereocenters. The third-order valence-corrected chi connectivity index (χ3v) is 4.49. The van der Waals surface area contributed by atoms with E-state index in [-0.39, 0.29) is 16.9 Å². The van der Waals surface area contributed by atoms with Gasteiger partial charge in [-0.15, -0.1) is 0 Å². The molecule has 0 unspecified atom stereocenters. The van der Waals surface area contributed by atoms with Crippen molar-refractivity contribution in [3.8, 4) is 0 Å². The van der Waals surface area contributed by atoms with Gasteiger partial charge in [-0.2, -0.15) is 0 Å². The Hall–Kier alpha value is -3.08. The monoisotopic (exact) mass is 466 g/mol. The first-order valence-corrected chi connectivity index (χ1v) is 10.7. The molecule has 1 aliphatic rings. The molecule has 3 amide bonds. The molecule has 32 heavy (non-hydrogen) atoms. The summed E-state index contributed by atoms with van der Waals surface area (Å²) in [7, 11) is 0. The molecule has 0 saturated carbocycles. The van der Waals surface area contributed by atoms with Gasteiger partial charge in [-0.3, -0.25) is 9.59 Å². The number of imide groups is 1. The average molecular weight is 467 g/mol. The van der Waals surface area contributed by atoms with Crippen molar-refractivity contribution in [2.45, 2.75) is 58.8 Å². The Labute approximate surface area is 189 Å². The molecule has 0 saturated heterocycles. The quantitative estimate of drug-likeness (QED) is 0.513. The molecule has 1 N–H and O–H groups in total. The molecule has 10 nitrogen and oxygen atoms in total. The fourth-order valence-corrected chi connectivity index (χ4v) is 3.28. The van der Waals surface area contributed by atoms with Crippen LogP contribution in [0.3, 0.4) is 0 Å². The largest absolute Gasteiger partial charge is 0.452 e. The third-order valence-electron chi connectivity index (χ3n) is 3.67. The molecular formula is C21H26N2O8S. The van der Waals surface area contributed by atoms with Gasteiger partial charge in [0.25, 0.3) is 11.8 Å². The van der Waals surface area contributed by atoms with Crippen molar-refractivity contribution in [3.63, 3.8) is 0 Å². The second-order valence-corrected chi connectivity index (χ2v) is 9.79. The Morgan fingerprint density at radius 1 is 0.938 bits per heavy atom. The van der Waals surface area contributed by atoms with E-state index in [1.54, 1.807) is 53.7 Å². The fraction of sp³-hybridized carbons (Fsp3) is 0.476. The molecule has 0 radical (unpaired) electrons. The van der Waals surface area contributed by atoms with E-state index in [0.29, 0.717) is 16.8 Å². The summed E-state index contributed by atoms with van der Waals surface area (Å²) in [5.74, 6) is -3.03. The van der Waals surface area contributed by atoms with Gasteiger partial charge in [0.2, 0.25) is 0 Å². The van der Waals surface area contributed by atoms with Crippen LogP contribution in [0.15, 0.2) is 24.3 Å². The van der Waals surface area contributed by atoms with E-state index in [1.165, 1.54) is 12.1 Å². The van der Waals surface area contributed by atoms with Crippen LogP contribution in [0.25, 0.3) is 0 Å². The number of hydrogen-bond donors (Lipinski definition) is 1.